The van der Waals surface area contributed by atoms with Crippen molar-refractivity contribution in [2.75, 3.05) is 0 Å². The van der Waals surface area contributed by atoms with Gasteiger partial charge in [-0.3, -0.25) is 0 Å². The molecule has 2 aromatic rings. The quantitative estimate of drug-likeness (QED) is 0.897. The van der Waals surface area contributed by atoms with Gasteiger partial charge in [-0.05, 0) is 37.3 Å². The number of aryl methyl sites for hydroxylation is 2. The molecular weight excluding hydrogens is 240 g/mol. The summed E-state index contributed by atoms with van der Waals surface area (Å²) >= 11 is 1.79. The van der Waals surface area contributed by atoms with Crippen LogP contribution in [0.25, 0.3) is 0 Å². The molecule has 3 rings (SSSR count). The third kappa shape index (κ3) is 1.98. The van der Waals surface area contributed by atoms with Gasteiger partial charge in [0.2, 0.25) is 0 Å². The second-order valence-corrected chi connectivity index (χ2v) is 6.02. The highest BCUT2D eigenvalue weighted by molar-refractivity contribution is 7.11. The first-order chi connectivity index (χ1) is 8.79. The number of fused-ring (bicyclic) bond motifs is 1. The minimum absolute atomic E-state index is 0.485. The summed E-state index contributed by atoms with van der Waals surface area (Å²) < 4.78 is 0. The number of nitrogens with zero attached hydrogens (tertiary/aromatic N) is 1. The monoisotopic (exact) mass is 258 g/mol. The van der Waals surface area contributed by atoms with Gasteiger partial charge < -0.3 is 5.73 Å². The van der Waals surface area contributed by atoms with Crippen molar-refractivity contribution in [3.63, 3.8) is 0 Å². The van der Waals surface area contributed by atoms with Gasteiger partial charge in [-0.2, -0.15) is 0 Å². The summed E-state index contributed by atoms with van der Waals surface area (Å²) in [6, 6.07) is 8.80. The fourth-order valence-electron chi connectivity index (χ4n) is 2.80. The van der Waals surface area contributed by atoms with Crippen LogP contribution >= 0.6 is 11.3 Å². The highest BCUT2D eigenvalue weighted by atomic mass is 32.1. The van der Waals surface area contributed by atoms with Gasteiger partial charge in [0, 0.05) is 17.3 Å². The number of nitrogens with two attached hydrogens (primary N) is 1. The van der Waals surface area contributed by atoms with E-state index in [1.165, 1.54) is 40.3 Å². The molecule has 0 bridgehead atoms. The van der Waals surface area contributed by atoms with Gasteiger partial charge in [0.15, 0.2) is 0 Å². The summed E-state index contributed by atoms with van der Waals surface area (Å²) in [5.41, 5.74) is 9.84. The van der Waals surface area contributed by atoms with E-state index in [2.05, 4.69) is 31.2 Å². The predicted molar refractivity (Wildman–Crippen MR) is 76.0 cm³/mol. The van der Waals surface area contributed by atoms with E-state index in [-0.39, 0.29) is 0 Å². The van der Waals surface area contributed by atoms with Crippen LogP contribution in [0.1, 0.15) is 45.5 Å². The number of benzene rings is 1. The first-order valence-electron chi connectivity index (χ1n) is 6.53. The molecule has 1 aromatic carbocycles. The van der Waals surface area contributed by atoms with Gasteiger partial charge >= 0.3 is 0 Å². The smallest absolute Gasteiger partial charge is 0.101 e. The van der Waals surface area contributed by atoms with Crippen molar-refractivity contribution in [1.82, 2.24) is 4.98 Å². The Bertz CT molecular complexity index is 559. The van der Waals surface area contributed by atoms with E-state index in [0.29, 0.717) is 12.5 Å². The number of hydrogen-bond acceptors (Lipinski definition) is 3. The van der Waals surface area contributed by atoms with E-state index in [1.807, 2.05) is 0 Å². The molecule has 1 atom stereocenters. The summed E-state index contributed by atoms with van der Waals surface area (Å²) in [7, 11) is 0. The van der Waals surface area contributed by atoms with Crippen LogP contribution in [0.15, 0.2) is 24.3 Å². The average molecular weight is 258 g/mol. The third-order valence-electron chi connectivity index (χ3n) is 3.76. The standard InChI is InChI=1S/C15H18N2S/c1-10-14(9-16)18-15(17-10)13-8-4-6-11-5-2-3-7-12(11)13/h2-3,5,7,13H,4,6,8-9,16H2,1H3. The minimum atomic E-state index is 0.485. The largest absolute Gasteiger partial charge is 0.326 e. The predicted octanol–water partition coefficient (Wildman–Crippen LogP) is 3.38. The zero-order chi connectivity index (χ0) is 12.5. The Kier molecular flexibility index (Phi) is 3.18. The molecule has 94 valence electrons. The summed E-state index contributed by atoms with van der Waals surface area (Å²) in [6.45, 7) is 2.68. The fourth-order valence-corrected chi connectivity index (χ4v) is 3.90. The molecule has 0 amide bonds. The first-order valence-corrected chi connectivity index (χ1v) is 7.35. The van der Waals surface area contributed by atoms with Crippen LogP contribution in [0.4, 0.5) is 0 Å². The van der Waals surface area contributed by atoms with Crippen LogP contribution in [-0.4, -0.2) is 4.98 Å². The Morgan fingerprint density at radius 3 is 3.00 bits per heavy atom. The topological polar surface area (TPSA) is 38.9 Å². The number of thiazole rings is 1. The Morgan fingerprint density at radius 2 is 2.22 bits per heavy atom. The molecular formula is C15H18N2S. The Morgan fingerprint density at radius 1 is 1.39 bits per heavy atom. The maximum Gasteiger partial charge on any atom is 0.101 e. The molecule has 0 saturated carbocycles. The maximum atomic E-state index is 5.76. The lowest BCUT2D eigenvalue weighted by atomic mass is 9.83. The molecule has 2 N–H and O–H groups in total. The van der Waals surface area contributed by atoms with Crippen molar-refractivity contribution in [3.05, 3.63) is 51.0 Å². The molecule has 0 fully saturated rings. The minimum Gasteiger partial charge on any atom is -0.326 e. The second-order valence-electron chi connectivity index (χ2n) is 4.91. The SMILES string of the molecule is Cc1nc(C2CCCc3ccccc32)sc1CN. The molecule has 1 heterocycles. The molecule has 3 heteroatoms. The van der Waals surface area contributed by atoms with E-state index < -0.39 is 0 Å². The lowest BCUT2D eigenvalue weighted by Crippen LogP contribution is -2.10. The van der Waals surface area contributed by atoms with Gasteiger partial charge in [0.05, 0.1) is 5.69 Å². The Balaban J connectivity index is 2.02. The Labute approximate surface area is 112 Å². The molecule has 0 saturated heterocycles. The van der Waals surface area contributed by atoms with E-state index in [0.717, 1.165) is 5.69 Å². The van der Waals surface area contributed by atoms with Crippen molar-refractivity contribution in [2.45, 2.75) is 38.6 Å². The van der Waals surface area contributed by atoms with Crippen LogP contribution in [0.3, 0.4) is 0 Å². The molecule has 0 radical (unpaired) electrons. The van der Waals surface area contributed by atoms with E-state index in [9.17, 15) is 0 Å². The second kappa shape index (κ2) is 4.82. The van der Waals surface area contributed by atoms with Crippen molar-refractivity contribution in [2.24, 2.45) is 5.73 Å². The normalized spacial score (nSPS) is 18.7. The van der Waals surface area contributed by atoms with Gasteiger partial charge in [0.25, 0.3) is 0 Å². The molecule has 1 unspecified atom stereocenters. The fraction of sp³-hybridized carbons (Fsp3) is 0.400. The molecule has 0 aliphatic heterocycles. The molecule has 0 spiro atoms. The van der Waals surface area contributed by atoms with Gasteiger partial charge in [0.1, 0.15) is 5.01 Å². The average Bonchev–Trinajstić information content (AvgIpc) is 2.79. The number of aromatic nitrogens is 1. The Hall–Kier alpha value is -1.19. The summed E-state index contributed by atoms with van der Waals surface area (Å²) in [5.74, 6) is 0.485. The van der Waals surface area contributed by atoms with Crippen LogP contribution in [0.5, 0.6) is 0 Å². The van der Waals surface area contributed by atoms with E-state index in [1.54, 1.807) is 11.3 Å². The summed E-state index contributed by atoms with van der Waals surface area (Å²) in [6.07, 6.45) is 3.69. The maximum absolute atomic E-state index is 5.76. The zero-order valence-electron chi connectivity index (χ0n) is 10.6. The van der Waals surface area contributed by atoms with Crippen molar-refractivity contribution in [3.8, 4) is 0 Å². The van der Waals surface area contributed by atoms with Crippen molar-refractivity contribution in [1.29, 1.82) is 0 Å². The van der Waals surface area contributed by atoms with Gasteiger partial charge in [-0.1, -0.05) is 24.3 Å². The molecule has 18 heavy (non-hydrogen) atoms. The highest BCUT2D eigenvalue weighted by Gasteiger charge is 2.24. The van der Waals surface area contributed by atoms with E-state index in [4.69, 9.17) is 10.7 Å². The zero-order valence-corrected chi connectivity index (χ0v) is 11.5. The molecule has 1 aliphatic carbocycles. The summed E-state index contributed by atoms with van der Waals surface area (Å²) in [4.78, 5) is 5.97. The third-order valence-corrected chi connectivity index (χ3v) is 5.06. The lowest BCUT2D eigenvalue weighted by molar-refractivity contribution is 0.612. The lowest BCUT2D eigenvalue weighted by Gasteiger charge is -2.23. The van der Waals surface area contributed by atoms with Crippen LogP contribution < -0.4 is 5.73 Å². The van der Waals surface area contributed by atoms with Crippen LogP contribution in [-0.2, 0) is 13.0 Å². The highest BCUT2D eigenvalue weighted by Crippen LogP contribution is 2.38. The molecule has 1 aromatic heterocycles. The van der Waals surface area contributed by atoms with Crippen molar-refractivity contribution < 1.29 is 0 Å². The summed E-state index contributed by atoms with van der Waals surface area (Å²) in [5, 5.41) is 1.25. The molecule has 2 nitrogen and oxygen atoms in total. The van der Waals surface area contributed by atoms with Gasteiger partial charge in [-0.25, -0.2) is 4.98 Å². The number of hydrogen-bond donors (Lipinski definition) is 1. The first kappa shape index (κ1) is 11.9. The van der Waals surface area contributed by atoms with E-state index >= 15 is 0 Å². The van der Waals surface area contributed by atoms with Crippen LogP contribution in [0.2, 0.25) is 0 Å². The van der Waals surface area contributed by atoms with Crippen LogP contribution in [0, 0.1) is 6.92 Å². The van der Waals surface area contributed by atoms with Crippen molar-refractivity contribution >= 4 is 11.3 Å². The molecule has 1 aliphatic rings. The number of rotatable bonds is 2. The van der Waals surface area contributed by atoms with Gasteiger partial charge in [-0.15, -0.1) is 11.3 Å².